The molecule has 0 N–H and O–H groups in total. The average Bonchev–Trinajstić information content (AvgIpc) is 1.98. The number of aryl methyl sites for hydroxylation is 1. The third kappa shape index (κ3) is 2.38. The standard InChI is InChI=1S/C8H8BrClO/c1-6-2-3-7(9)8(4-6)11-5-10/h2-4H,5H2,1H3. The first-order valence-corrected chi connectivity index (χ1v) is 4.51. The Labute approximate surface area is 79.4 Å². The van der Waals surface area contributed by atoms with E-state index in [0.717, 1.165) is 15.8 Å². The molecule has 0 saturated heterocycles. The first-order valence-electron chi connectivity index (χ1n) is 3.19. The highest BCUT2D eigenvalue weighted by Gasteiger charge is 1.98. The molecule has 0 aliphatic heterocycles. The normalized spacial score (nSPS) is 9.73. The van der Waals surface area contributed by atoms with Crippen molar-refractivity contribution in [1.82, 2.24) is 0 Å². The van der Waals surface area contributed by atoms with Gasteiger partial charge in [0.25, 0.3) is 0 Å². The van der Waals surface area contributed by atoms with E-state index in [1.54, 1.807) is 0 Å². The zero-order valence-electron chi connectivity index (χ0n) is 6.10. The maximum atomic E-state index is 5.42. The summed E-state index contributed by atoms with van der Waals surface area (Å²) in [5.41, 5.74) is 1.16. The van der Waals surface area contributed by atoms with E-state index in [-0.39, 0.29) is 6.07 Å². The molecule has 11 heavy (non-hydrogen) atoms. The molecule has 0 aliphatic carbocycles. The van der Waals surface area contributed by atoms with Crippen LogP contribution in [0.25, 0.3) is 0 Å². The fraction of sp³-hybridized carbons (Fsp3) is 0.250. The van der Waals surface area contributed by atoms with E-state index in [0.29, 0.717) is 0 Å². The lowest BCUT2D eigenvalue weighted by molar-refractivity contribution is 0.385. The fourth-order valence-corrected chi connectivity index (χ4v) is 1.26. The highest BCUT2D eigenvalue weighted by molar-refractivity contribution is 9.10. The number of halogens is 2. The van der Waals surface area contributed by atoms with Crippen LogP contribution in [-0.2, 0) is 0 Å². The van der Waals surface area contributed by atoms with Crippen LogP contribution in [0, 0.1) is 6.92 Å². The van der Waals surface area contributed by atoms with Gasteiger partial charge in [-0.25, -0.2) is 0 Å². The molecule has 60 valence electrons. The fourth-order valence-electron chi connectivity index (χ4n) is 0.780. The van der Waals surface area contributed by atoms with E-state index < -0.39 is 0 Å². The lowest BCUT2D eigenvalue weighted by Gasteiger charge is -2.04. The van der Waals surface area contributed by atoms with Crippen LogP contribution in [0.3, 0.4) is 0 Å². The molecule has 0 heterocycles. The Balaban J connectivity index is 2.93. The molecule has 0 amide bonds. The Bertz CT molecular complexity index is 250. The summed E-state index contributed by atoms with van der Waals surface area (Å²) in [5.74, 6) is 0.792. The molecule has 0 radical (unpaired) electrons. The largest absolute Gasteiger partial charge is 0.477 e. The Morgan fingerprint density at radius 1 is 1.55 bits per heavy atom. The van der Waals surface area contributed by atoms with Gasteiger partial charge in [-0.1, -0.05) is 17.7 Å². The van der Waals surface area contributed by atoms with Crippen LogP contribution in [0.2, 0.25) is 0 Å². The Morgan fingerprint density at radius 2 is 2.27 bits per heavy atom. The zero-order valence-corrected chi connectivity index (χ0v) is 8.45. The third-order valence-corrected chi connectivity index (χ3v) is 2.06. The smallest absolute Gasteiger partial charge is 0.162 e. The van der Waals surface area contributed by atoms with Crippen molar-refractivity contribution in [3.05, 3.63) is 28.2 Å². The van der Waals surface area contributed by atoms with E-state index in [1.807, 2.05) is 25.1 Å². The summed E-state index contributed by atoms with van der Waals surface area (Å²) in [6, 6.07) is 6.07. The Hall–Kier alpha value is -0.210. The van der Waals surface area contributed by atoms with Crippen LogP contribution in [0.15, 0.2) is 22.7 Å². The monoisotopic (exact) mass is 234 g/mol. The predicted molar refractivity (Wildman–Crippen MR) is 50.2 cm³/mol. The van der Waals surface area contributed by atoms with Crippen molar-refractivity contribution in [2.45, 2.75) is 6.92 Å². The van der Waals surface area contributed by atoms with Crippen molar-refractivity contribution >= 4 is 27.5 Å². The molecule has 0 atom stereocenters. The topological polar surface area (TPSA) is 9.23 Å². The molecule has 0 saturated carbocycles. The number of hydrogen-bond acceptors (Lipinski definition) is 1. The number of alkyl halides is 1. The van der Waals surface area contributed by atoms with Gasteiger partial charge in [-0.3, -0.25) is 0 Å². The van der Waals surface area contributed by atoms with Gasteiger partial charge in [-0.2, -0.15) is 0 Å². The molecule has 3 heteroatoms. The molecular formula is C8H8BrClO. The predicted octanol–water partition coefficient (Wildman–Crippen LogP) is 3.33. The van der Waals surface area contributed by atoms with Crippen molar-refractivity contribution in [2.24, 2.45) is 0 Å². The number of rotatable bonds is 2. The van der Waals surface area contributed by atoms with Crippen LogP contribution >= 0.6 is 27.5 Å². The number of ether oxygens (including phenoxy) is 1. The summed E-state index contributed by atoms with van der Waals surface area (Å²) in [6.45, 7) is 2.01. The van der Waals surface area contributed by atoms with Gasteiger partial charge in [0.1, 0.15) is 5.75 Å². The van der Waals surface area contributed by atoms with E-state index >= 15 is 0 Å². The molecule has 0 fully saturated rings. The van der Waals surface area contributed by atoms with Gasteiger partial charge in [0.05, 0.1) is 4.47 Å². The lowest BCUT2D eigenvalue weighted by atomic mass is 10.2. The molecule has 0 aromatic heterocycles. The minimum Gasteiger partial charge on any atom is -0.477 e. The van der Waals surface area contributed by atoms with E-state index in [9.17, 15) is 0 Å². The first-order chi connectivity index (χ1) is 5.24. The van der Waals surface area contributed by atoms with Gasteiger partial charge in [0.2, 0.25) is 0 Å². The molecule has 1 aromatic carbocycles. The van der Waals surface area contributed by atoms with Crippen LogP contribution < -0.4 is 4.74 Å². The maximum absolute atomic E-state index is 5.42. The summed E-state index contributed by atoms with van der Waals surface area (Å²) in [6.07, 6.45) is 0. The van der Waals surface area contributed by atoms with Crippen molar-refractivity contribution in [3.8, 4) is 5.75 Å². The second kappa shape index (κ2) is 3.98. The summed E-state index contributed by atoms with van der Waals surface area (Å²) in [4.78, 5) is 0. The van der Waals surface area contributed by atoms with Crippen molar-refractivity contribution in [2.75, 3.05) is 6.07 Å². The highest BCUT2D eigenvalue weighted by Crippen LogP contribution is 2.25. The van der Waals surface area contributed by atoms with Crippen LogP contribution in [0.4, 0.5) is 0 Å². The number of benzene rings is 1. The molecule has 1 aromatic rings. The highest BCUT2D eigenvalue weighted by atomic mass is 79.9. The van der Waals surface area contributed by atoms with Crippen LogP contribution in [-0.4, -0.2) is 6.07 Å². The quantitative estimate of drug-likeness (QED) is 0.715. The lowest BCUT2D eigenvalue weighted by Crippen LogP contribution is -1.90. The van der Waals surface area contributed by atoms with E-state index in [4.69, 9.17) is 16.3 Å². The van der Waals surface area contributed by atoms with Gasteiger partial charge in [0, 0.05) is 0 Å². The zero-order chi connectivity index (χ0) is 8.27. The molecular weight excluding hydrogens is 227 g/mol. The van der Waals surface area contributed by atoms with E-state index in [1.165, 1.54) is 0 Å². The van der Waals surface area contributed by atoms with Gasteiger partial charge in [-0.05, 0) is 40.5 Å². The maximum Gasteiger partial charge on any atom is 0.162 e. The summed E-state index contributed by atoms with van der Waals surface area (Å²) >= 11 is 8.77. The second-order valence-corrected chi connectivity index (χ2v) is 3.26. The van der Waals surface area contributed by atoms with Crippen LogP contribution in [0.1, 0.15) is 5.56 Å². The van der Waals surface area contributed by atoms with Crippen molar-refractivity contribution < 1.29 is 4.74 Å². The average molecular weight is 236 g/mol. The minimum absolute atomic E-state index is 0.183. The van der Waals surface area contributed by atoms with Gasteiger partial charge < -0.3 is 4.74 Å². The summed E-state index contributed by atoms with van der Waals surface area (Å²) in [5, 5.41) is 0. The van der Waals surface area contributed by atoms with Gasteiger partial charge in [0.15, 0.2) is 6.07 Å². The molecule has 1 nitrogen and oxygen atoms in total. The minimum atomic E-state index is 0.183. The Morgan fingerprint density at radius 3 is 2.91 bits per heavy atom. The van der Waals surface area contributed by atoms with Crippen molar-refractivity contribution in [1.29, 1.82) is 0 Å². The second-order valence-electron chi connectivity index (χ2n) is 2.19. The first kappa shape index (κ1) is 8.88. The van der Waals surface area contributed by atoms with Gasteiger partial charge >= 0.3 is 0 Å². The molecule has 0 spiro atoms. The van der Waals surface area contributed by atoms with Gasteiger partial charge in [-0.15, -0.1) is 0 Å². The summed E-state index contributed by atoms with van der Waals surface area (Å²) in [7, 11) is 0. The molecule has 0 bridgehead atoms. The molecule has 0 unspecified atom stereocenters. The number of hydrogen-bond donors (Lipinski definition) is 0. The molecule has 1 rings (SSSR count). The third-order valence-electron chi connectivity index (χ3n) is 1.30. The van der Waals surface area contributed by atoms with Crippen LogP contribution in [0.5, 0.6) is 5.75 Å². The molecule has 0 aliphatic rings. The van der Waals surface area contributed by atoms with Crippen molar-refractivity contribution in [3.63, 3.8) is 0 Å². The SMILES string of the molecule is Cc1ccc(Br)c(OCCl)c1. The summed E-state index contributed by atoms with van der Waals surface area (Å²) < 4.78 is 6.07. The van der Waals surface area contributed by atoms with E-state index in [2.05, 4.69) is 15.9 Å². The Kier molecular flexibility index (Phi) is 3.21.